The van der Waals surface area contributed by atoms with E-state index in [1.165, 1.54) is 36.7 Å². The van der Waals surface area contributed by atoms with Gasteiger partial charge < -0.3 is 9.39 Å². The lowest BCUT2D eigenvalue weighted by atomic mass is 9.88. The fourth-order valence-corrected chi connectivity index (χ4v) is 4.40. The van der Waals surface area contributed by atoms with Crippen LogP contribution < -0.4 is 8.91 Å². The molecule has 2 aromatic heterocycles. The zero-order valence-corrected chi connectivity index (χ0v) is 15.9. The smallest absolute Gasteiger partial charge is 0.339 e. The molecule has 0 bridgehead atoms. The third-order valence-corrected chi connectivity index (χ3v) is 6.12. The van der Waals surface area contributed by atoms with Crippen LogP contribution in [0.1, 0.15) is 21.5 Å². The van der Waals surface area contributed by atoms with Crippen molar-refractivity contribution < 1.29 is 22.1 Å². The molecule has 0 saturated carbocycles. The lowest BCUT2D eigenvalue weighted by molar-refractivity contribution is -0.604. The van der Waals surface area contributed by atoms with Gasteiger partial charge in [0.15, 0.2) is 23.9 Å². The SMILES string of the molecule is Cc1ccc(S(=O)(=O)Oc2ccc3n[nH]c4c3c2C(=O)c2cc[n+]([O-])cc2-4)cc1. The second-order valence-corrected chi connectivity index (χ2v) is 8.29. The van der Waals surface area contributed by atoms with E-state index < -0.39 is 15.9 Å². The largest absolute Gasteiger partial charge is 0.619 e. The maximum Gasteiger partial charge on any atom is 0.339 e. The van der Waals surface area contributed by atoms with E-state index in [1.807, 2.05) is 6.92 Å². The number of benzene rings is 2. The predicted octanol–water partition coefficient (Wildman–Crippen LogP) is 2.48. The minimum Gasteiger partial charge on any atom is -0.619 e. The van der Waals surface area contributed by atoms with Crippen LogP contribution >= 0.6 is 0 Å². The number of carbonyl (C=O) groups excluding carboxylic acids is 1. The van der Waals surface area contributed by atoms with Gasteiger partial charge in [-0.25, -0.2) is 0 Å². The van der Waals surface area contributed by atoms with E-state index in [0.29, 0.717) is 26.9 Å². The normalized spacial score (nSPS) is 12.8. The lowest BCUT2D eigenvalue weighted by Crippen LogP contribution is -2.27. The number of H-pyrrole nitrogens is 1. The predicted molar refractivity (Wildman–Crippen MR) is 103 cm³/mol. The minimum absolute atomic E-state index is 0.0149. The molecule has 29 heavy (non-hydrogen) atoms. The molecule has 0 atom stereocenters. The van der Waals surface area contributed by atoms with Crippen molar-refractivity contribution in [2.24, 2.45) is 0 Å². The molecule has 0 saturated heterocycles. The third kappa shape index (κ3) is 2.59. The Bertz CT molecular complexity index is 1420. The molecule has 1 aliphatic carbocycles. The van der Waals surface area contributed by atoms with Crippen LogP contribution in [-0.2, 0) is 10.1 Å². The molecule has 144 valence electrons. The minimum atomic E-state index is -4.15. The first-order valence-electron chi connectivity index (χ1n) is 8.65. The van der Waals surface area contributed by atoms with Gasteiger partial charge in [-0.1, -0.05) is 17.7 Å². The molecule has 1 N–H and O–H groups in total. The molecule has 0 spiro atoms. The van der Waals surface area contributed by atoms with E-state index in [9.17, 15) is 18.4 Å². The van der Waals surface area contributed by atoms with Gasteiger partial charge in [0.1, 0.15) is 4.90 Å². The van der Waals surface area contributed by atoms with Gasteiger partial charge >= 0.3 is 10.1 Å². The van der Waals surface area contributed by atoms with Gasteiger partial charge in [0.05, 0.1) is 22.3 Å². The highest BCUT2D eigenvalue weighted by molar-refractivity contribution is 7.87. The number of fused-ring (bicyclic) bond motifs is 2. The number of pyridine rings is 1. The van der Waals surface area contributed by atoms with Crippen molar-refractivity contribution >= 4 is 26.8 Å². The maximum absolute atomic E-state index is 13.2. The molecule has 8 nitrogen and oxygen atoms in total. The molecule has 2 heterocycles. The van der Waals surface area contributed by atoms with Gasteiger partial charge in [-0.2, -0.15) is 18.2 Å². The van der Waals surface area contributed by atoms with Gasteiger partial charge in [-0.3, -0.25) is 9.89 Å². The van der Waals surface area contributed by atoms with Crippen LogP contribution in [0.3, 0.4) is 0 Å². The number of nitrogens with zero attached hydrogens (tertiary/aromatic N) is 2. The molecule has 0 unspecified atom stereocenters. The van der Waals surface area contributed by atoms with E-state index in [0.717, 1.165) is 5.56 Å². The summed E-state index contributed by atoms with van der Waals surface area (Å²) in [5.74, 6) is -0.524. The Morgan fingerprint density at radius 2 is 1.83 bits per heavy atom. The van der Waals surface area contributed by atoms with Crippen molar-refractivity contribution in [1.29, 1.82) is 0 Å². The molecule has 1 aliphatic rings. The number of aromatic amines is 1. The number of rotatable bonds is 3. The first-order chi connectivity index (χ1) is 13.8. The zero-order chi connectivity index (χ0) is 20.3. The molecule has 4 aromatic rings. The zero-order valence-electron chi connectivity index (χ0n) is 15.0. The van der Waals surface area contributed by atoms with E-state index in [4.69, 9.17) is 4.18 Å². The van der Waals surface area contributed by atoms with Gasteiger partial charge in [0.2, 0.25) is 0 Å². The fraction of sp³-hybridized carbons (Fsp3) is 0.0500. The Kier molecular flexibility index (Phi) is 3.53. The quantitative estimate of drug-likeness (QED) is 0.279. The standard InChI is InChI=1S/C20H13N3O5S/c1-11-2-4-12(5-3-11)29(26,27)28-16-7-6-15-17-18(16)20(24)13-8-9-23(25)10-14(13)19(17)22-21-15/h2-10H,1H3,(H,21,22). The van der Waals surface area contributed by atoms with Crippen molar-refractivity contribution in [3.63, 3.8) is 0 Å². The van der Waals surface area contributed by atoms with Crippen LogP contribution in [-0.4, -0.2) is 24.4 Å². The summed E-state index contributed by atoms with van der Waals surface area (Å²) in [5, 5.41) is 19.1. The van der Waals surface area contributed by atoms with Gasteiger partial charge in [0, 0.05) is 17.0 Å². The molecule has 9 heteroatoms. The topological polar surface area (TPSA) is 116 Å². The molecule has 0 fully saturated rings. The summed E-state index contributed by atoms with van der Waals surface area (Å²) < 4.78 is 31.5. The Morgan fingerprint density at radius 3 is 2.59 bits per heavy atom. The number of hydrogen-bond acceptors (Lipinski definition) is 6. The maximum atomic E-state index is 13.2. The second kappa shape index (κ2) is 5.89. The van der Waals surface area contributed by atoms with Crippen LogP contribution in [0.15, 0.2) is 59.8 Å². The fourth-order valence-electron chi connectivity index (χ4n) is 3.46. The van der Waals surface area contributed by atoms with Crippen molar-refractivity contribution in [2.45, 2.75) is 11.8 Å². The van der Waals surface area contributed by atoms with E-state index in [-0.39, 0.29) is 21.8 Å². The molecular weight excluding hydrogens is 394 g/mol. The van der Waals surface area contributed by atoms with Crippen molar-refractivity contribution in [3.8, 4) is 17.0 Å². The van der Waals surface area contributed by atoms with Crippen molar-refractivity contribution in [1.82, 2.24) is 10.2 Å². The van der Waals surface area contributed by atoms with Crippen LogP contribution in [0.2, 0.25) is 0 Å². The monoisotopic (exact) mass is 407 g/mol. The molecule has 0 radical (unpaired) electrons. The Balaban J connectivity index is 1.70. The number of carbonyl (C=O) groups is 1. The number of nitrogens with one attached hydrogen (secondary N) is 1. The molecule has 0 aliphatic heterocycles. The summed E-state index contributed by atoms with van der Waals surface area (Å²) in [6, 6.07) is 10.6. The summed E-state index contributed by atoms with van der Waals surface area (Å²) in [5.41, 5.74) is 2.60. The highest BCUT2D eigenvalue weighted by Crippen LogP contribution is 2.41. The highest BCUT2D eigenvalue weighted by atomic mass is 32.2. The average Bonchev–Trinajstić information content (AvgIpc) is 3.11. The highest BCUT2D eigenvalue weighted by Gasteiger charge is 2.33. The van der Waals surface area contributed by atoms with Crippen LogP contribution in [0.4, 0.5) is 0 Å². The van der Waals surface area contributed by atoms with Crippen LogP contribution in [0.5, 0.6) is 5.75 Å². The summed E-state index contributed by atoms with van der Waals surface area (Å²) >= 11 is 0. The van der Waals surface area contributed by atoms with Crippen LogP contribution in [0.25, 0.3) is 22.2 Å². The van der Waals surface area contributed by atoms with E-state index >= 15 is 0 Å². The van der Waals surface area contributed by atoms with Gasteiger partial charge in [-0.15, -0.1) is 0 Å². The number of aromatic nitrogens is 3. The number of ketones is 1. The molecule has 2 aromatic carbocycles. The average molecular weight is 407 g/mol. The lowest BCUT2D eigenvalue weighted by Gasteiger charge is -2.17. The molecule has 0 amide bonds. The molecule has 5 rings (SSSR count). The molecular formula is C20H13N3O5S. The third-order valence-electron chi connectivity index (χ3n) is 4.87. The summed E-state index contributed by atoms with van der Waals surface area (Å²) in [6.07, 6.45) is 2.49. The Morgan fingerprint density at radius 1 is 1.07 bits per heavy atom. The van der Waals surface area contributed by atoms with Gasteiger partial charge in [-0.05, 0) is 31.2 Å². The van der Waals surface area contributed by atoms with Gasteiger partial charge in [0.25, 0.3) is 0 Å². The number of hydrogen-bond donors (Lipinski definition) is 1. The Hall–Kier alpha value is -3.72. The van der Waals surface area contributed by atoms with Crippen molar-refractivity contribution in [2.75, 3.05) is 0 Å². The number of aryl methyl sites for hydroxylation is 1. The Labute approximate surface area is 165 Å². The summed E-state index contributed by atoms with van der Waals surface area (Å²) in [4.78, 5) is 13.1. The second-order valence-electron chi connectivity index (χ2n) is 6.74. The summed E-state index contributed by atoms with van der Waals surface area (Å²) in [7, 11) is -4.15. The first-order valence-corrected chi connectivity index (χ1v) is 10.1. The summed E-state index contributed by atoms with van der Waals surface area (Å²) in [6.45, 7) is 1.84. The van der Waals surface area contributed by atoms with E-state index in [2.05, 4.69) is 10.2 Å². The first kappa shape index (κ1) is 17.4. The van der Waals surface area contributed by atoms with E-state index in [1.54, 1.807) is 18.2 Å². The van der Waals surface area contributed by atoms with Crippen molar-refractivity contribution in [3.05, 3.63) is 76.8 Å². The van der Waals surface area contributed by atoms with Crippen LogP contribution in [0, 0.1) is 12.1 Å².